The summed E-state index contributed by atoms with van der Waals surface area (Å²) in [4.78, 5) is 36.9. The van der Waals surface area contributed by atoms with Crippen LogP contribution in [0.2, 0.25) is 10.0 Å². The summed E-state index contributed by atoms with van der Waals surface area (Å²) < 4.78 is 79.7. The third kappa shape index (κ3) is 6.35. The maximum Gasteiger partial charge on any atom is 0.315 e. The van der Waals surface area contributed by atoms with Crippen LogP contribution < -0.4 is 16.0 Å². The SMILES string of the molecule is O=C(Nc1cc(NC(=O)C(F)F)c(F)cc1F)c1cc(NC(=O)[C@H]2[C@H](c3ccc(F)c(Cl)c3)C2(Cl)Cl)cc(F)c1Cl.[HH].[HH].[HH]. The number of amides is 3. The van der Waals surface area contributed by atoms with E-state index in [0.717, 1.165) is 18.2 Å². The summed E-state index contributed by atoms with van der Waals surface area (Å²) in [5.41, 5.74) is -2.21. The number of hydrogen-bond donors (Lipinski definition) is 3. The number of hydrogen-bond acceptors (Lipinski definition) is 3. The summed E-state index contributed by atoms with van der Waals surface area (Å²) in [6.45, 7) is 0. The van der Waals surface area contributed by atoms with Crippen molar-refractivity contribution in [1.82, 2.24) is 0 Å². The third-order valence-corrected chi connectivity index (χ3v) is 7.55. The van der Waals surface area contributed by atoms with Gasteiger partial charge in [0.05, 0.1) is 32.9 Å². The molecule has 3 amide bonds. The molecule has 0 bridgehead atoms. The van der Waals surface area contributed by atoms with Crippen molar-refractivity contribution in [2.45, 2.75) is 16.7 Å². The molecule has 0 radical (unpaired) electrons. The zero-order valence-corrected chi connectivity index (χ0v) is 22.8. The van der Waals surface area contributed by atoms with E-state index in [9.17, 15) is 40.7 Å². The number of carbonyl (C=O) groups excluding carboxylic acids is 3. The van der Waals surface area contributed by atoms with Crippen LogP contribution in [0.1, 0.15) is 26.1 Å². The van der Waals surface area contributed by atoms with Crippen LogP contribution in [0.4, 0.5) is 43.4 Å². The van der Waals surface area contributed by atoms with E-state index in [4.69, 9.17) is 46.4 Å². The maximum atomic E-state index is 14.6. The minimum Gasteiger partial charge on any atom is -0.326 e. The van der Waals surface area contributed by atoms with Crippen molar-refractivity contribution in [2.75, 3.05) is 16.0 Å². The fraction of sp³-hybridized carbons (Fsp3) is 0.160. The Kier molecular flexibility index (Phi) is 8.70. The van der Waals surface area contributed by atoms with E-state index in [1.54, 1.807) is 0 Å². The zero-order chi connectivity index (χ0) is 30.4. The average molecular weight is 665 g/mol. The Labute approximate surface area is 251 Å². The number of alkyl halides is 4. The minimum absolute atomic E-state index is 0. The van der Waals surface area contributed by atoms with Crippen molar-refractivity contribution in [3.63, 3.8) is 0 Å². The van der Waals surface area contributed by atoms with Gasteiger partial charge >= 0.3 is 6.43 Å². The van der Waals surface area contributed by atoms with Gasteiger partial charge in [-0.1, -0.05) is 29.3 Å². The normalized spacial score (nSPS) is 17.2. The first-order valence-electron chi connectivity index (χ1n) is 11.1. The fourth-order valence-electron chi connectivity index (χ4n) is 3.94. The highest BCUT2D eigenvalue weighted by atomic mass is 35.5. The van der Waals surface area contributed by atoms with Crippen LogP contribution in [0, 0.1) is 29.2 Å². The molecule has 0 aliphatic heterocycles. The summed E-state index contributed by atoms with van der Waals surface area (Å²) in [6, 6.07) is 6.07. The van der Waals surface area contributed by atoms with Crippen LogP contribution in [0.25, 0.3) is 0 Å². The predicted molar refractivity (Wildman–Crippen MR) is 147 cm³/mol. The number of nitrogens with one attached hydrogen (secondary N) is 3. The summed E-state index contributed by atoms with van der Waals surface area (Å²) in [5.74, 6) is -10.5. The second-order valence-corrected chi connectivity index (χ2v) is 10.9. The topological polar surface area (TPSA) is 87.3 Å². The average Bonchev–Trinajstić information content (AvgIpc) is 3.47. The van der Waals surface area contributed by atoms with E-state index in [0.29, 0.717) is 11.6 Å². The van der Waals surface area contributed by atoms with Gasteiger partial charge in [-0.15, -0.1) is 23.2 Å². The molecular weight excluding hydrogens is 646 g/mol. The molecule has 0 saturated heterocycles. The number of anilines is 3. The molecule has 2 atom stereocenters. The summed E-state index contributed by atoms with van der Waals surface area (Å²) >= 11 is 24.2. The van der Waals surface area contributed by atoms with Gasteiger partial charge in [0, 0.05) is 22.0 Å². The molecule has 3 N–H and O–H groups in total. The highest BCUT2D eigenvalue weighted by Crippen LogP contribution is 2.65. The summed E-state index contributed by atoms with van der Waals surface area (Å²) in [7, 11) is 0. The van der Waals surface area contributed by atoms with Crippen molar-refractivity contribution in [3.8, 4) is 0 Å². The molecule has 6 nitrogen and oxygen atoms in total. The molecule has 1 aliphatic rings. The number of halogens is 10. The van der Waals surface area contributed by atoms with E-state index >= 15 is 0 Å². The Bertz CT molecular complexity index is 1610. The summed E-state index contributed by atoms with van der Waals surface area (Å²) in [5, 5.41) is 4.85. The largest absolute Gasteiger partial charge is 0.326 e. The lowest BCUT2D eigenvalue weighted by Gasteiger charge is -2.13. The van der Waals surface area contributed by atoms with E-state index in [2.05, 4.69) is 5.32 Å². The first-order valence-corrected chi connectivity index (χ1v) is 12.6. The Morgan fingerprint density at radius 3 is 2.05 bits per heavy atom. The Balaban J connectivity index is 0.00000323. The standard InChI is InChI=1S/C25H13Cl4F6N3O3.3H2/c26-11-3-8(1-2-12(11)30)18-19(25(18,28)29)23(40)36-9-4-10(20(27)15(33)5-9)22(39)37-16-7-17(14(32)6-13(16)31)38-24(41)21(34)35;;;/h1-7,18-19,21H,(H,36,40)(H,37,39)(H,38,41);3*1H/t18-,19+;;;/m0.../s1. The van der Waals surface area contributed by atoms with Crippen molar-refractivity contribution in [3.05, 3.63) is 86.9 Å². The van der Waals surface area contributed by atoms with Gasteiger partial charge in [0.1, 0.15) is 27.6 Å². The second-order valence-electron chi connectivity index (χ2n) is 8.67. The number of benzene rings is 3. The van der Waals surface area contributed by atoms with Gasteiger partial charge in [-0.2, -0.15) is 8.78 Å². The van der Waals surface area contributed by atoms with Crippen LogP contribution in [0.3, 0.4) is 0 Å². The fourth-order valence-corrected chi connectivity index (χ4v) is 5.15. The van der Waals surface area contributed by atoms with Crippen molar-refractivity contribution in [2.24, 2.45) is 5.92 Å². The van der Waals surface area contributed by atoms with Gasteiger partial charge in [-0.3, -0.25) is 14.4 Å². The molecule has 0 spiro atoms. The number of carbonyl (C=O) groups is 3. The van der Waals surface area contributed by atoms with E-state index < -0.39 is 85.5 Å². The first-order chi connectivity index (χ1) is 19.1. The molecule has 0 unspecified atom stereocenters. The van der Waals surface area contributed by atoms with E-state index in [-0.39, 0.29) is 21.1 Å². The molecule has 1 aliphatic carbocycles. The molecule has 1 fully saturated rings. The molecule has 41 heavy (non-hydrogen) atoms. The molecule has 222 valence electrons. The molecule has 16 heteroatoms. The highest BCUT2D eigenvalue weighted by molar-refractivity contribution is 6.53. The van der Waals surface area contributed by atoms with Crippen molar-refractivity contribution < 1.29 is 45.0 Å². The Morgan fingerprint density at radius 2 is 1.44 bits per heavy atom. The molecule has 3 aromatic rings. The quantitative estimate of drug-likeness (QED) is 0.176. The highest BCUT2D eigenvalue weighted by Gasteiger charge is 2.67. The molecular formula is C25H19Cl4F6N3O3. The Hall–Kier alpha value is -3.19. The van der Waals surface area contributed by atoms with E-state index in [1.165, 1.54) is 17.4 Å². The molecule has 0 heterocycles. The van der Waals surface area contributed by atoms with Crippen LogP contribution >= 0.6 is 46.4 Å². The smallest absolute Gasteiger partial charge is 0.315 e. The second kappa shape index (κ2) is 11.6. The third-order valence-electron chi connectivity index (χ3n) is 5.94. The Morgan fingerprint density at radius 1 is 0.805 bits per heavy atom. The van der Waals surface area contributed by atoms with E-state index in [1.807, 2.05) is 5.32 Å². The number of rotatable bonds is 7. The van der Waals surface area contributed by atoms with Gasteiger partial charge in [-0.25, -0.2) is 17.6 Å². The van der Waals surface area contributed by atoms with Crippen LogP contribution in [-0.2, 0) is 9.59 Å². The van der Waals surface area contributed by atoms with Gasteiger partial charge in [-0.05, 0) is 35.9 Å². The maximum absolute atomic E-state index is 14.6. The lowest BCUT2D eigenvalue weighted by atomic mass is 10.1. The molecule has 4 rings (SSSR count). The van der Waals surface area contributed by atoms with Crippen LogP contribution in [0.15, 0.2) is 42.5 Å². The van der Waals surface area contributed by atoms with Crippen LogP contribution in [-0.4, -0.2) is 28.5 Å². The molecule has 3 aromatic carbocycles. The van der Waals surface area contributed by atoms with Gasteiger partial charge in [0.25, 0.3) is 11.8 Å². The van der Waals surface area contributed by atoms with Gasteiger partial charge in [0.2, 0.25) is 5.91 Å². The monoisotopic (exact) mass is 663 g/mol. The summed E-state index contributed by atoms with van der Waals surface area (Å²) in [6.07, 6.45) is -3.51. The minimum atomic E-state index is -3.51. The first kappa shape index (κ1) is 30.8. The molecule has 0 aromatic heterocycles. The van der Waals surface area contributed by atoms with Gasteiger partial charge < -0.3 is 16.0 Å². The zero-order valence-electron chi connectivity index (χ0n) is 19.8. The lowest BCUT2D eigenvalue weighted by Crippen LogP contribution is -2.21. The van der Waals surface area contributed by atoms with Crippen molar-refractivity contribution >= 4 is 81.2 Å². The lowest BCUT2D eigenvalue weighted by molar-refractivity contribution is -0.126. The van der Waals surface area contributed by atoms with Crippen LogP contribution in [0.5, 0.6) is 0 Å². The van der Waals surface area contributed by atoms with Gasteiger partial charge in [0.15, 0.2) is 0 Å². The predicted octanol–water partition coefficient (Wildman–Crippen LogP) is 8.27. The molecule has 1 saturated carbocycles. The van der Waals surface area contributed by atoms with Crippen molar-refractivity contribution in [1.29, 1.82) is 0 Å².